The molecule has 1 fully saturated rings. The molecular weight excluding hydrogens is 512 g/mol. The van der Waals surface area contributed by atoms with Crippen LogP contribution in [0.25, 0.3) is 21.5 Å². The van der Waals surface area contributed by atoms with Crippen LogP contribution in [0, 0.1) is 5.82 Å². The van der Waals surface area contributed by atoms with E-state index in [2.05, 4.69) is 32.2 Å². The van der Waals surface area contributed by atoms with E-state index in [0.29, 0.717) is 48.9 Å². The van der Waals surface area contributed by atoms with E-state index in [9.17, 15) is 18.4 Å². The van der Waals surface area contributed by atoms with Crippen LogP contribution in [0.2, 0.25) is 0 Å². The van der Waals surface area contributed by atoms with E-state index >= 15 is 0 Å². The van der Waals surface area contributed by atoms with E-state index < -0.39 is 17.8 Å². The number of thiazole rings is 1. The summed E-state index contributed by atoms with van der Waals surface area (Å²) in [6.07, 6.45) is 6.21. The fourth-order valence-electron chi connectivity index (χ4n) is 4.78. The number of imidazole rings is 1. The number of pyridine rings is 1. The summed E-state index contributed by atoms with van der Waals surface area (Å²) >= 11 is 1.42. The number of amides is 2. The molecular formula is C26H26F2N7O2S+. The van der Waals surface area contributed by atoms with Crippen molar-refractivity contribution in [2.75, 3.05) is 25.5 Å². The second-order valence-electron chi connectivity index (χ2n) is 9.31. The van der Waals surface area contributed by atoms with Gasteiger partial charge < -0.3 is 15.2 Å². The molecule has 0 saturated carbocycles. The van der Waals surface area contributed by atoms with Crippen LogP contribution >= 0.6 is 11.3 Å². The second-order valence-corrected chi connectivity index (χ2v) is 10.3. The lowest BCUT2D eigenvalue weighted by Gasteiger charge is -2.31. The van der Waals surface area contributed by atoms with Gasteiger partial charge in [-0.2, -0.15) is 4.39 Å². The van der Waals surface area contributed by atoms with Gasteiger partial charge in [0.2, 0.25) is 5.83 Å². The largest absolute Gasteiger partial charge is 0.374 e. The van der Waals surface area contributed by atoms with Crippen LogP contribution in [-0.2, 0) is 16.1 Å². The van der Waals surface area contributed by atoms with Crippen molar-refractivity contribution in [3.05, 3.63) is 67.3 Å². The van der Waals surface area contributed by atoms with Gasteiger partial charge in [-0.15, -0.1) is 0 Å². The van der Waals surface area contributed by atoms with Crippen molar-refractivity contribution in [3.63, 3.8) is 0 Å². The molecule has 2 N–H and O–H groups in total. The van der Waals surface area contributed by atoms with Crippen molar-refractivity contribution < 1.29 is 22.9 Å². The number of carbonyl (C=O) groups is 2. The lowest BCUT2D eigenvalue weighted by atomic mass is 10.2. The maximum atomic E-state index is 13.5. The van der Waals surface area contributed by atoms with E-state index in [4.69, 9.17) is 0 Å². The Morgan fingerprint density at radius 3 is 2.76 bits per heavy atom. The summed E-state index contributed by atoms with van der Waals surface area (Å²) in [6, 6.07) is 7.43. The first-order chi connectivity index (χ1) is 18.2. The quantitative estimate of drug-likeness (QED) is 0.258. The molecule has 0 radical (unpaired) electrons. The highest BCUT2D eigenvalue weighted by molar-refractivity contribution is 7.18. The molecule has 1 aliphatic rings. The van der Waals surface area contributed by atoms with Gasteiger partial charge in [-0.25, -0.2) is 28.6 Å². The fourth-order valence-corrected chi connectivity index (χ4v) is 5.61. The van der Waals surface area contributed by atoms with Gasteiger partial charge in [0.05, 0.1) is 36.5 Å². The molecule has 2 atom stereocenters. The van der Waals surface area contributed by atoms with Gasteiger partial charge in [0.15, 0.2) is 11.2 Å². The summed E-state index contributed by atoms with van der Waals surface area (Å²) in [6.45, 7) is 4.27. The smallest absolute Gasteiger partial charge is 0.349 e. The number of quaternary nitrogens is 1. The first-order valence-electron chi connectivity index (χ1n) is 12.1. The Hall–Kier alpha value is -4.03. The highest BCUT2D eigenvalue weighted by Gasteiger charge is 2.49. The minimum Gasteiger partial charge on any atom is -0.349 e. The number of carbonyl (C=O) groups excluding carboxylic acids is 2. The third-order valence-electron chi connectivity index (χ3n) is 6.82. The number of anilines is 2. The van der Waals surface area contributed by atoms with Gasteiger partial charge in [0.1, 0.15) is 17.2 Å². The van der Waals surface area contributed by atoms with Crippen LogP contribution in [0.3, 0.4) is 0 Å². The van der Waals surface area contributed by atoms with E-state index in [0.717, 1.165) is 16.0 Å². The highest BCUT2D eigenvalue weighted by atomic mass is 32.1. The van der Waals surface area contributed by atoms with Crippen molar-refractivity contribution in [2.24, 2.45) is 0 Å². The van der Waals surface area contributed by atoms with Gasteiger partial charge in [-0.1, -0.05) is 30.0 Å². The highest BCUT2D eigenvalue weighted by Crippen LogP contribution is 2.31. The van der Waals surface area contributed by atoms with Gasteiger partial charge in [-0.05, 0) is 17.7 Å². The van der Waals surface area contributed by atoms with Crippen molar-refractivity contribution in [1.29, 1.82) is 0 Å². The molecule has 9 nitrogen and oxygen atoms in total. The second kappa shape index (κ2) is 10.4. The average molecular weight is 539 g/mol. The zero-order valence-corrected chi connectivity index (χ0v) is 21.5. The third-order valence-corrected chi connectivity index (χ3v) is 7.78. The molecule has 4 aromatic rings. The zero-order valence-electron chi connectivity index (χ0n) is 20.7. The molecule has 3 aromatic heterocycles. The van der Waals surface area contributed by atoms with Crippen LogP contribution in [0.15, 0.2) is 61.5 Å². The fraction of sp³-hybridized carbons (Fsp3) is 0.269. The van der Waals surface area contributed by atoms with Crippen LogP contribution in [0.4, 0.5) is 19.7 Å². The van der Waals surface area contributed by atoms with Crippen LogP contribution in [0.1, 0.15) is 12.8 Å². The van der Waals surface area contributed by atoms with E-state index in [1.807, 2.05) is 10.6 Å². The van der Waals surface area contributed by atoms with Gasteiger partial charge >= 0.3 is 5.91 Å². The number of aromatic nitrogens is 4. The Morgan fingerprint density at radius 1 is 1.21 bits per heavy atom. The monoisotopic (exact) mass is 538 g/mol. The first-order valence-corrected chi connectivity index (χ1v) is 12.9. The van der Waals surface area contributed by atoms with Gasteiger partial charge in [0, 0.05) is 38.2 Å². The number of likely N-dealkylation sites (N-methyl/N-ethyl adjacent to an activating group) is 1. The maximum absolute atomic E-state index is 13.5. The Kier molecular flexibility index (Phi) is 7.00. The topological polar surface area (TPSA) is 102 Å². The number of fused-ring (bicyclic) bond motifs is 1. The normalized spacial score (nSPS) is 19.0. The lowest BCUT2D eigenvalue weighted by molar-refractivity contribution is -0.835. The number of nitrogens with one attached hydrogen (secondary N) is 2. The molecule has 196 valence electrons. The summed E-state index contributed by atoms with van der Waals surface area (Å²) in [4.78, 5) is 39.2. The van der Waals surface area contributed by atoms with Crippen molar-refractivity contribution in [3.8, 4) is 10.4 Å². The van der Waals surface area contributed by atoms with Crippen LogP contribution in [-0.4, -0.2) is 62.0 Å². The van der Waals surface area contributed by atoms with E-state index in [1.54, 1.807) is 37.9 Å². The van der Waals surface area contributed by atoms with Crippen LogP contribution in [0.5, 0.6) is 0 Å². The molecule has 1 aromatic carbocycles. The number of nitrogens with zero attached hydrogens (tertiary/aromatic N) is 5. The minimum atomic E-state index is -1.03. The Morgan fingerprint density at radius 2 is 2.00 bits per heavy atom. The number of hydrogen-bond donors (Lipinski definition) is 2. The van der Waals surface area contributed by atoms with Crippen molar-refractivity contribution >= 4 is 45.1 Å². The maximum Gasteiger partial charge on any atom is 0.374 e. The molecule has 5 rings (SSSR count). The summed E-state index contributed by atoms with van der Waals surface area (Å²) in [5.41, 5.74) is 2.38. The number of rotatable bonds is 8. The van der Waals surface area contributed by atoms with Crippen LogP contribution < -0.4 is 10.6 Å². The SMILES string of the molecule is C=C(F)C(=O)[N+]1(C)CCC[C@H]1C(=O)NCCn1cnc2cnc(Nc3ncc(-c4ccc(F)cc4)s3)cc21. The number of hydrogen-bond acceptors (Lipinski definition) is 7. The predicted octanol–water partition coefficient (Wildman–Crippen LogP) is 4.17. The summed E-state index contributed by atoms with van der Waals surface area (Å²) in [7, 11) is 1.58. The molecule has 38 heavy (non-hydrogen) atoms. The van der Waals surface area contributed by atoms with E-state index in [1.165, 1.54) is 23.5 Å². The summed E-state index contributed by atoms with van der Waals surface area (Å²) in [5.74, 6) is -1.78. The minimum absolute atomic E-state index is 0.284. The standard InChI is InChI=1S/C26H25F2N7O2S/c1-16(27)25(37)35(2)11-3-4-21(35)24(36)29-9-10-34-15-32-19-13-30-23(12-20(19)34)33-26-31-14-22(38-26)17-5-7-18(28)8-6-17/h5-8,12-15,21H,1,3-4,9-11H2,2H3,(H-,29,30,31,33,36)/p+1/t21-,35?/m0/s1. The molecule has 0 aliphatic carbocycles. The molecule has 1 saturated heterocycles. The van der Waals surface area contributed by atoms with Crippen molar-refractivity contribution in [2.45, 2.75) is 25.4 Å². The molecule has 0 bridgehead atoms. The molecule has 2 amide bonds. The molecule has 1 aliphatic heterocycles. The lowest BCUT2D eigenvalue weighted by Crippen LogP contribution is -2.58. The molecule has 4 heterocycles. The summed E-state index contributed by atoms with van der Waals surface area (Å²) < 4.78 is 28.4. The third kappa shape index (κ3) is 5.04. The molecule has 1 unspecified atom stereocenters. The predicted molar refractivity (Wildman–Crippen MR) is 141 cm³/mol. The van der Waals surface area contributed by atoms with Gasteiger partial charge in [0.25, 0.3) is 5.91 Å². The Balaban J connectivity index is 1.23. The number of halogens is 2. The molecule has 0 spiro atoms. The van der Waals surface area contributed by atoms with Gasteiger partial charge in [-0.3, -0.25) is 4.79 Å². The van der Waals surface area contributed by atoms with Crippen molar-refractivity contribution in [1.82, 2.24) is 24.8 Å². The number of benzene rings is 1. The average Bonchev–Trinajstić information content (AvgIpc) is 3.63. The Labute approximate surface area is 221 Å². The number of likely N-dealkylation sites (tertiary alicyclic amines) is 1. The van der Waals surface area contributed by atoms with E-state index in [-0.39, 0.29) is 16.2 Å². The first kappa shape index (κ1) is 25.6. The Bertz CT molecular complexity index is 1520. The summed E-state index contributed by atoms with van der Waals surface area (Å²) in [5, 5.41) is 6.71. The zero-order chi connectivity index (χ0) is 26.9. The molecule has 12 heteroatoms.